The maximum atomic E-state index is 10.3. The fourth-order valence-corrected chi connectivity index (χ4v) is 3.02. The molecule has 9 atom stereocenters. The predicted octanol–water partition coefficient (Wildman–Crippen LogP) is -4.59. The van der Waals surface area contributed by atoms with E-state index in [1.165, 1.54) is 13.2 Å². The molecule has 2 rings (SSSR count). The van der Waals surface area contributed by atoms with Gasteiger partial charge in [-0.25, -0.2) is 0 Å². The Bertz CT molecular complexity index is 446. The first-order valence-electron chi connectivity index (χ1n) is 7.62. The Morgan fingerprint density at radius 2 is 1.71 bits per heavy atom. The third kappa shape index (κ3) is 3.63. The van der Waals surface area contributed by atoms with Crippen LogP contribution in [0.4, 0.5) is 0 Å². The molecule has 4 unspecified atom stereocenters. The van der Waals surface area contributed by atoms with Gasteiger partial charge in [-0.1, -0.05) is 6.08 Å². The maximum Gasteiger partial charge on any atom is 0.175 e. The number of aliphatic hydroxyl groups excluding tert-OH is 7. The van der Waals surface area contributed by atoms with Crippen LogP contribution < -0.4 is 5.32 Å². The molecule has 0 aromatic rings. The van der Waals surface area contributed by atoms with E-state index >= 15 is 0 Å². The smallest absolute Gasteiger partial charge is 0.175 e. The van der Waals surface area contributed by atoms with Crippen molar-refractivity contribution >= 4 is 0 Å². The van der Waals surface area contributed by atoms with Gasteiger partial charge in [0.2, 0.25) is 0 Å². The average molecular weight is 351 g/mol. The second-order valence-corrected chi connectivity index (χ2v) is 5.99. The summed E-state index contributed by atoms with van der Waals surface area (Å²) in [5.74, 6) is 0. The maximum absolute atomic E-state index is 10.3. The van der Waals surface area contributed by atoms with Gasteiger partial charge < -0.3 is 45.2 Å². The molecular weight excluding hydrogens is 326 g/mol. The highest BCUT2D eigenvalue weighted by Gasteiger charge is 2.47. The van der Waals surface area contributed by atoms with Crippen molar-refractivity contribution in [3.63, 3.8) is 0 Å². The topological polar surface area (TPSA) is 172 Å². The molecular formula is C14H25NO9. The van der Waals surface area contributed by atoms with E-state index < -0.39 is 68.2 Å². The van der Waals surface area contributed by atoms with E-state index in [1.807, 2.05) is 0 Å². The van der Waals surface area contributed by atoms with Gasteiger partial charge in [-0.3, -0.25) is 5.32 Å². The second kappa shape index (κ2) is 8.15. The van der Waals surface area contributed by atoms with Gasteiger partial charge in [0.1, 0.15) is 36.6 Å². The zero-order chi connectivity index (χ0) is 18.0. The van der Waals surface area contributed by atoms with E-state index in [1.54, 1.807) is 0 Å². The Morgan fingerprint density at radius 1 is 1.04 bits per heavy atom. The Labute approximate surface area is 138 Å². The Hall–Kier alpha value is -0.660. The van der Waals surface area contributed by atoms with Crippen LogP contribution >= 0.6 is 0 Å². The van der Waals surface area contributed by atoms with Crippen LogP contribution in [0.5, 0.6) is 0 Å². The first-order valence-corrected chi connectivity index (χ1v) is 7.62. The summed E-state index contributed by atoms with van der Waals surface area (Å²) in [6.45, 7) is -1.04. The summed E-state index contributed by atoms with van der Waals surface area (Å²) < 4.78 is 10.5. The second-order valence-electron chi connectivity index (χ2n) is 5.99. The van der Waals surface area contributed by atoms with Crippen LogP contribution in [-0.4, -0.2) is 111 Å². The first kappa shape index (κ1) is 19.7. The largest absolute Gasteiger partial charge is 0.394 e. The lowest BCUT2D eigenvalue weighted by atomic mass is 9.87. The molecule has 2 aliphatic rings. The lowest BCUT2D eigenvalue weighted by molar-refractivity contribution is -0.265. The van der Waals surface area contributed by atoms with Crippen molar-refractivity contribution in [2.24, 2.45) is 0 Å². The van der Waals surface area contributed by atoms with Crippen molar-refractivity contribution in [2.75, 3.05) is 20.3 Å². The van der Waals surface area contributed by atoms with Crippen LogP contribution in [-0.2, 0) is 9.47 Å². The zero-order valence-electron chi connectivity index (χ0n) is 13.1. The summed E-state index contributed by atoms with van der Waals surface area (Å²) in [6, 6.07) is -1.93. The summed E-state index contributed by atoms with van der Waals surface area (Å²) >= 11 is 0. The van der Waals surface area contributed by atoms with Crippen molar-refractivity contribution in [1.29, 1.82) is 0 Å². The van der Waals surface area contributed by atoms with Gasteiger partial charge in [-0.05, 0) is 5.57 Å². The zero-order valence-corrected chi connectivity index (χ0v) is 13.1. The molecule has 0 bridgehead atoms. The fraction of sp³-hybridized carbons (Fsp3) is 0.857. The van der Waals surface area contributed by atoms with Crippen LogP contribution in [0.3, 0.4) is 0 Å². The number of hydrogen-bond acceptors (Lipinski definition) is 10. The lowest BCUT2D eigenvalue weighted by Crippen LogP contribution is -2.67. The molecule has 0 spiro atoms. The molecule has 1 aliphatic carbocycles. The lowest BCUT2D eigenvalue weighted by Gasteiger charge is -2.44. The van der Waals surface area contributed by atoms with Crippen molar-refractivity contribution < 1.29 is 45.2 Å². The molecule has 0 radical (unpaired) electrons. The Kier molecular flexibility index (Phi) is 6.67. The molecule has 8 N–H and O–H groups in total. The highest BCUT2D eigenvalue weighted by Crippen LogP contribution is 2.25. The Morgan fingerprint density at radius 3 is 2.25 bits per heavy atom. The molecule has 1 fully saturated rings. The molecule has 0 aromatic carbocycles. The van der Waals surface area contributed by atoms with Crippen LogP contribution in [0.1, 0.15) is 0 Å². The highest BCUT2D eigenvalue weighted by atomic mass is 16.7. The minimum atomic E-state index is -1.53. The third-order valence-electron chi connectivity index (χ3n) is 4.50. The summed E-state index contributed by atoms with van der Waals surface area (Å²) in [6.07, 6.45) is -7.87. The van der Waals surface area contributed by atoms with Gasteiger partial charge in [0.15, 0.2) is 6.29 Å². The summed E-state index contributed by atoms with van der Waals surface area (Å²) in [5.41, 5.74) is 0.110. The number of hydrogen-bond donors (Lipinski definition) is 8. The van der Waals surface area contributed by atoms with Crippen molar-refractivity contribution in [1.82, 2.24) is 5.32 Å². The summed E-state index contributed by atoms with van der Waals surface area (Å²) in [4.78, 5) is 0. The molecule has 10 heteroatoms. The number of aliphatic hydroxyl groups is 7. The van der Waals surface area contributed by atoms with E-state index in [-0.39, 0.29) is 5.57 Å². The van der Waals surface area contributed by atoms with E-state index in [9.17, 15) is 30.6 Å². The van der Waals surface area contributed by atoms with Gasteiger partial charge in [0, 0.05) is 7.11 Å². The molecule has 0 aromatic heterocycles. The van der Waals surface area contributed by atoms with Crippen molar-refractivity contribution in [2.45, 2.75) is 55.0 Å². The van der Waals surface area contributed by atoms with Crippen LogP contribution in [0, 0.1) is 0 Å². The normalized spacial score (nSPS) is 46.7. The number of rotatable bonds is 5. The van der Waals surface area contributed by atoms with Crippen molar-refractivity contribution in [3.05, 3.63) is 11.6 Å². The molecule has 24 heavy (non-hydrogen) atoms. The van der Waals surface area contributed by atoms with Crippen LogP contribution in [0.25, 0.3) is 0 Å². The van der Waals surface area contributed by atoms with Crippen LogP contribution in [0.2, 0.25) is 0 Å². The SMILES string of the molecule is CO[C@H]1OC(CO)[C@@H](O)C(O)[C@H]1NC1C=C(CO)[C@@H](O)C(O)[C@H]1O. The van der Waals surface area contributed by atoms with Gasteiger partial charge in [0.05, 0.1) is 25.3 Å². The fourth-order valence-electron chi connectivity index (χ4n) is 3.02. The van der Waals surface area contributed by atoms with Gasteiger partial charge in [-0.15, -0.1) is 0 Å². The molecule has 1 heterocycles. The van der Waals surface area contributed by atoms with E-state index in [0.29, 0.717) is 0 Å². The average Bonchev–Trinajstić information content (AvgIpc) is 2.59. The van der Waals surface area contributed by atoms with Gasteiger partial charge in [0.25, 0.3) is 0 Å². The molecule has 10 nitrogen and oxygen atoms in total. The number of ether oxygens (including phenoxy) is 2. The number of methoxy groups -OCH3 is 1. The minimum Gasteiger partial charge on any atom is -0.394 e. The first-order chi connectivity index (χ1) is 11.3. The Balaban J connectivity index is 2.19. The molecule has 1 saturated heterocycles. The minimum absolute atomic E-state index is 0.110. The van der Waals surface area contributed by atoms with E-state index in [2.05, 4.69) is 5.32 Å². The molecule has 1 aliphatic heterocycles. The molecule has 140 valence electrons. The van der Waals surface area contributed by atoms with Gasteiger partial charge >= 0.3 is 0 Å². The molecule has 0 amide bonds. The quantitative estimate of drug-likeness (QED) is 0.225. The monoisotopic (exact) mass is 351 g/mol. The van der Waals surface area contributed by atoms with Crippen LogP contribution in [0.15, 0.2) is 11.6 Å². The highest BCUT2D eigenvalue weighted by molar-refractivity contribution is 5.22. The summed E-state index contributed by atoms with van der Waals surface area (Å²) in [7, 11) is 1.31. The van der Waals surface area contributed by atoms with E-state index in [0.717, 1.165) is 0 Å². The predicted molar refractivity (Wildman–Crippen MR) is 78.7 cm³/mol. The standard InChI is InChI=1S/C14H25NO9/c1-23-14-8(12(21)11(20)7(4-17)24-14)15-6-2-5(3-16)9(18)13(22)10(6)19/h2,6-22H,3-4H2,1H3/t6?,7?,8-,9-,10+,11-,12?,13?,14+/m1/s1. The summed E-state index contributed by atoms with van der Waals surface area (Å²) in [5, 5.41) is 71.1. The third-order valence-corrected chi connectivity index (χ3v) is 4.50. The van der Waals surface area contributed by atoms with Crippen molar-refractivity contribution in [3.8, 4) is 0 Å². The van der Waals surface area contributed by atoms with E-state index in [4.69, 9.17) is 14.6 Å². The number of nitrogens with one attached hydrogen (secondary N) is 1. The molecule has 0 saturated carbocycles. The van der Waals surface area contributed by atoms with Gasteiger partial charge in [-0.2, -0.15) is 0 Å².